The van der Waals surface area contributed by atoms with E-state index >= 15 is 0 Å². The van der Waals surface area contributed by atoms with Crippen molar-refractivity contribution in [3.8, 4) is 0 Å². The van der Waals surface area contributed by atoms with Gasteiger partial charge in [0, 0.05) is 49.5 Å². The lowest BCUT2D eigenvalue weighted by Gasteiger charge is -2.38. The number of halogens is 3. The van der Waals surface area contributed by atoms with Crippen molar-refractivity contribution in [2.45, 2.75) is 25.8 Å². The summed E-state index contributed by atoms with van der Waals surface area (Å²) in [5.74, 6) is 0. The van der Waals surface area contributed by atoms with Gasteiger partial charge in [-0.15, -0.1) is 0 Å². The molecule has 3 nitrogen and oxygen atoms in total. The minimum Gasteiger partial charge on any atom is -0.369 e. The van der Waals surface area contributed by atoms with Crippen molar-refractivity contribution in [3.63, 3.8) is 0 Å². The average Bonchev–Trinajstić information content (AvgIpc) is 2.72. The molecule has 0 radical (unpaired) electrons. The molecule has 2 heterocycles. The lowest BCUT2D eigenvalue weighted by atomic mass is 9.93. The lowest BCUT2D eigenvalue weighted by molar-refractivity contribution is 0.176. The summed E-state index contributed by atoms with van der Waals surface area (Å²) >= 11 is 18.6. The van der Waals surface area contributed by atoms with Gasteiger partial charge in [-0.2, -0.15) is 0 Å². The van der Waals surface area contributed by atoms with Gasteiger partial charge in [-0.25, -0.2) is 0 Å². The van der Waals surface area contributed by atoms with Crippen LogP contribution in [0.3, 0.4) is 0 Å². The molecule has 2 aliphatic heterocycles. The third-order valence-electron chi connectivity index (χ3n) is 6.31. The van der Waals surface area contributed by atoms with E-state index in [1.165, 1.54) is 23.2 Å². The maximum absolute atomic E-state index is 6.26. The fourth-order valence-corrected chi connectivity index (χ4v) is 5.11. The van der Waals surface area contributed by atoms with E-state index in [4.69, 9.17) is 34.8 Å². The highest BCUT2D eigenvalue weighted by Gasteiger charge is 2.25. The summed E-state index contributed by atoms with van der Waals surface area (Å²) in [6, 6.07) is 12.7. The molecule has 1 fully saturated rings. The number of nitrogens with zero attached hydrogens (tertiary/aromatic N) is 3. The molecule has 1 unspecified atom stereocenters. The molecule has 0 N–H and O–H groups in total. The van der Waals surface area contributed by atoms with Crippen LogP contribution in [0, 0.1) is 0 Å². The van der Waals surface area contributed by atoms with Crippen LogP contribution in [0.15, 0.2) is 36.4 Å². The minimum absolute atomic E-state index is 0.396. The van der Waals surface area contributed by atoms with Gasteiger partial charge in [0.15, 0.2) is 0 Å². The van der Waals surface area contributed by atoms with Gasteiger partial charge in [-0.05, 0) is 74.3 Å². The Balaban J connectivity index is 1.24. The van der Waals surface area contributed by atoms with Crippen molar-refractivity contribution in [2.24, 2.45) is 0 Å². The van der Waals surface area contributed by atoms with Crippen molar-refractivity contribution < 1.29 is 0 Å². The van der Waals surface area contributed by atoms with Crippen molar-refractivity contribution >= 4 is 40.5 Å². The Kier molecular flexibility index (Phi) is 6.93. The number of piperazine rings is 1. The molecule has 0 aliphatic carbocycles. The maximum Gasteiger partial charge on any atom is 0.0595 e. The number of anilines is 1. The molecule has 156 valence electrons. The molecule has 0 aromatic heterocycles. The van der Waals surface area contributed by atoms with Gasteiger partial charge in [0.1, 0.15) is 0 Å². The van der Waals surface area contributed by atoms with E-state index in [1.54, 1.807) is 0 Å². The van der Waals surface area contributed by atoms with Crippen LogP contribution in [0.1, 0.15) is 30.5 Å². The highest BCUT2D eigenvalue weighted by molar-refractivity contribution is 6.42. The van der Waals surface area contributed by atoms with Gasteiger partial charge in [-0.3, -0.25) is 9.80 Å². The lowest BCUT2D eigenvalue weighted by Crippen LogP contribution is -2.47. The summed E-state index contributed by atoms with van der Waals surface area (Å²) in [5.41, 5.74) is 3.91. The number of fused-ring (bicyclic) bond motifs is 1. The fourth-order valence-electron chi connectivity index (χ4n) is 4.57. The Labute approximate surface area is 189 Å². The van der Waals surface area contributed by atoms with E-state index < -0.39 is 0 Å². The van der Waals surface area contributed by atoms with E-state index in [1.807, 2.05) is 18.2 Å². The molecular weight excluding hydrogens is 425 g/mol. The minimum atomic E-state index is 0.396. The molecule has 0 bridgehead atoms. The van der Waals surface area contributed by atoms with E-state index in [-0.39, 0.29) is 0 Å². The maximum atomic E-state index is 6.26. The largest absolute Gasteiger partial charge is 0.369 e. The Morgan fingerprint density at radius 2 is 1.66 bits per heavy atom. The van der Waals surface area contributed by atoms with Crippen molar-refractivity contribution in [3.05, 3.63) is 62.6 Å². The molecule has 2 aliphatic rings. The van der Waals surface area contributed by atoms with Crippen LogP contribution < -0.4 is 4.90 Å². The van der Waals surface area contributed by atoms with Crippen LogP contribution in [-0.2, 0) is 6.42 Å². The molecule has 2 aromatic carbocycles. The summed E-state index contributed by atoms with van der Waals surface area (Å²) in [6.07, 6.45) is 2.24. The fraction of sp³-hybridized carbons (Fsp3) is 0.478. The molecule has 2 aromatic rings. The smallest absolute Gasteiger partial charge is 0.0595 e. The molecule has 0 spiro atoms. The second kappa shape index (κ2) is 9.45. The summed E-state index contributed by atoms with van der Waals surface area (Å²) in [4.78, 5) is 7.59. The highest BCUT2D eigenvalue weighted by Crippen LogP contribution is 2.35. The Hall–Kier alpha value is -0.970. The third kappa shape index (κ3) is 5.03. The monoisotopic (exact) mass is 451 g/mol. The van der Waals surface area contributed by atoms with Gasteiger partial charge >= 0.3 is 0 Å². The van der Waals surface area contributed by atoms with Crippen LogP contribution in [-0.4, -0.2) is 55.6 Å². The van der Waals surface area contributed by atoms with E-state index in [0.717, 1.165) is 57.3 Å². The summed E-state index contributed by atoms with van der Waals surface area (Å²) in [5, 5.41) is 2.14. The third-order valence-corrected chi connectivity index (χ3v) is 7.27. The SMILES string of the molecule is CC1c2cc(Cl)c(Cl)cc2CCN1CCCN1CCN(c2cccc(Cl)c2)CC1. The summed E-state index contributed by atoms with van der Waals surface area (Å²) in [7, 11) is 0. The number of hydrogen-bond acceptors (Lipinski definition) is 3. The summed E-state index contributed by atoms with van der Waals surface area (Å²) in [6.45, 7) is 10.00. The van der Waals surface area contributed by atoms with Crippen LogP contribution in [0.2, 0.25) is 15.1 Å². The van der Waals surface area contributed by atoms with Crippen LogP contribution in [0.5, 0.6) is 0 Å². The standard InChI is InChI=1S/C23H28Cl3N3/c1-17-21-16-23(26)22(25)14-18(21)6-9-28(17)8-3-7-27-10-12-29(13-11-27)20-5-2-4-19(24)15-20/h2,4-5,14-17H,3,6-13H2,1H3. The first-order chi connectivity index (χ1) is 14.0. The number of hydrogen-bond donors (Lipinski definition) is 0. The predicted molar refractivity (Wildman–Crippen MR) is 125 cm³/mol. The zero-order valence-electron chi connectivity index (χ0n) is 16.9. The second-order valence-electron chi connectivity index (χ2n) is 8.09. The number of rotatable bonds is 5. The Bertz CT molecular complexity index is 849. The Morgan fingerprint density at radius 3 is 2.41 bits per heavy atom. The molecular formula is C23H28Cl3N3. The molecule has 0 amide bonds. The summed E-state index contributed by atoms with van der Waals surface area (Å²) < 4.78 is 0. The highest BCUT2D eigenvalue weighted by atomic mass is 35.5. The van der Waals surface area contributed by atoms with E-state index in [9.17, 15) is 0 Å². The second-order valence-corrected chi connectivity index (χ2v) is 9.34. The molecule has 4 rings (SSSR count). The van der Waals surface area contributed by atoms with Crippen molar-refractivity contribution in [1.29, 1.82) is 0 Å². The molecule has 29 heavy (non-hydrogen) atoms. The first-order valence-corrected chi connectivity index (χ1v) is 11.6. The van der Waals surface area contributed by atoms with Gasteiger partial charge in [0.2, 0.25) is 0 Å². The zero-order valence-corrected chi connectivity index (χ0v) is 19.1. The van der Waals surface area contributed by atoms with E-state index in [2.05, 4.69) is 39.8 Å². The first kappa shape index (κ1) is 21.3. The van der Waals surface area contributed by atoms with Crippen molar-refractivity contribution in [1.82, 2.24) is 9.80 Å². The predicted octanol–water partition coefficient (Wildman–Crippen LogP) is 5.78. The van der Waals surface area contributed by atoms with Crippen LogP contribution >= 0.6 is 34.8 Å². The van der Waals surface area contributed by atoms with Crippen molar-refractivity contribution in [2.75, 3.05) is 50.7 Å². The van der Waals surface area contributed by atoms with E-state index in [0.29, 0.717) is 16.1 Å². The molecule has 1 saturated heterocycles. The van der Waals surface area contributed by atoms with Crippen LogP contribution in [0.4, 0.5) is 5.69 Å². The van der Waals surface area contributed by atoms with Gasteiger partial charge in [0.05, 0.1) is 10.0 Å². The zero-order chi connectivity index (χ0) is 20.4. The molecule has 1 atom stereocenters. The normalized spacial score (nSPS) is 20.7. The first-order valence-electron chi connectivity index (χ1n) is 10.5. The topological polar surface area (TPSA) is 9.72 Å². The molecule has 0 saturated carbocycles. The van der Waals surface area contributed by atoms with Crippen LogP contribution in [0.25, 0.3) is 0 Å². The number of benzene rings is 2. The van der Waals surface area contributed by atoms with Gasteiger partial charge in [-0.1, -0.05) is 40.9 Å². The molecule has 6 heteroatoms. The van der Waals surface area contributed by atoms with Gasteiger partial charge < -0.3 is 4.90 Å². The van der Waals surface area contributed by atoms with Gasteiger partial charge in [0.25, 0.3) is 0 Å². The quantitative estimate of drug-likeness (QED) is 0.569. The Morgan fingerprint density at radius 1 is 0.897 bits per heavy atom. The average molecular weight is 453 g/mol.